The standard InChI is InChI=1S/C40H31N5O15S/c1-40(2)30(37(51)52)45-35(50)27(36(45)61-40)42-32(47)26(18-9-5-4-6-10-18)41-31(46)19-15-20(43-33(48)22-11-7-13-24(59-55)28(22)57-38(43)53)17-21(16-19)44-34(49)23-12-8-14-25(60-56-3)29(23)58-39(44)54/h4-17,26-27,30,36,55H,1-3H3,(H,41,46)(H,42,47)(H,51,52). The van der Waals surface area contributed by atoms with E-state index in [0.717, 1.165) is 18.2 Å². The van der Waals surface area contributed by atoms with E-state index >= 15 is 0 Å². The van der Waals surface area contributed by atoms with E-state index in [9.17, 15) is 48.7 Å². The molecular weight excluding hydrogens is 823 g/mol. The van der Waals surface area contributed by atoms with Crippen molar-refractivity contribution in [2.75, 3.05) is 7.11 Å². The van der Waals surface area contributed by atoms with Crippen molar-refractivity contribution in [3.05, 3.63) is 138 Å². The summed E-state index contributed by atoms with van der Waals surface area (Å²) in [5.74, 6) is -6.78. The highest BCUT2D eigenvalue weighted by molar-refractivity contribution is 8.01. The summed E-state index contributed by atoms with van der Waals surface area (Å²) in [7, 11) is 1.19. The van der Waals surface area contributed by atoms with Crippen LogP contribution in [0.25, 0.3) is 33.3 Å². The van der Waals surface area contributed by atoms with E-state index in [2.05, 4.69) is 20.4 Å². The number of carbonyl (C=O) groups is 4. The highest BCUT2D eigenvalue weighted by Crippen LogP contribution is 2.50. The summed E-state index contributed by atoms with van der Waals surface area (Å²) >= 11 is 1.20. The molecule has 0 radical (unpaired) electrons. The molecule has 2 aromatic heterocycles. The van der Waals surface area contributed by atoms with E-state index < -0.39 is 91.4 Å². The first-order valence-electron chi connectivity index (χ1n) is 18.1. The van der Waals surface area contributed by atoms with Gasteiger partial charge in [0, 0.05) is 10.3 Å². The lowest BCUT2D eigenvalue weighted by Crippen LogP contribution is -2.71. The van der Waals surface area contributed by atoms with Crippen molar-refractivity contribution >= 4 is 57.4 Å². The highest BCUT2D eigenvalue weighted by atomic mass is 32.2. The molecule has 4 N–H and O–H groups in total. The van der Waals surface area contributed by atoms with Gasteiger partial charge in [-0.05, 0) is 61.9 Å². The SMILES string of the molecule is COOc1cccc2c(=O)n(-c3cc(C(=O)NC(C(=O)NC4C(=O)N5C4SC(C)(C)C5C(=O)O)c4ccccc4)cc(-n4c(=O)oc5c(OO)cccc5c4=O)c3)c(=O)oc12. The third-order valence-corrected chi connectivity index (χ3v) is 11.7. The Morgan fingerprint density at radius 1 is 0.803 bits per heavy atom. The van der Waals surface area contributed by atoms with Gasteiger partial charge in [-0.2, -0.15) is 4.89 Å². The van der Waals surface area contributed by atoms with Crippen LogP contribution in [0.15, 0.2) is 113 Å². The summed E-state index contributed by atoms with van der Waals surface area (Å²) in [6, 6.07) is 15.2. The Morgan fingerprint density at radius 2 is 1.38 bits per heavy atom. The zero-order chi connectivity index (χ0) is 43.5. The zero-order valence-electron chi connectivity index (χ0n) is 31.8. The third kappa shape index (κ3) is 6.79. The number of β-lactam (4-membered cyclic amide) rings is 1. The van der Waals surface area contributed by atoms with Crippen molar-refractivity contribution in [2.45, 2.75) is 42.1 Å². The van der Waals surface area contributed by atoms with Gasteiger partial charge in [-0.1, -0.05) is 42.5 Å². The Balaban J connectivity index is 1.24. The summed E-state index contributed by atoms with van der Waals surface area (Å²) < 4.78 is 11.0. The van der Waals surface area contributed by atoms with E-state index in [1.807, 2.05) is 0 Å². The first kappa shape index (κ1) is 40.3. The van der Waals surface area contributed by atoms with Gasteiger partial charge in [0.1, 0.15) is 23.5 Å². The number of hydrogen-bond acceptors (Lipinski definition) is 15. The van der Waals surface area contributed by atoms with Gasteiger partial charge in [0.15, 0.2) is 11.2 Å². The number of fused-ring (bicyclic) bond motifs is 3. The molecule has 0 aliphatic carbocycles. The summed E-state index contributed by atoms with van der Waals surface area (Å²) in [5, 5.41) is 23.3. The Kier molecular flexibility index (Phi) is 10.1. The smallest absolute Gasteiger partial charge is 0.427 e. The number of thioether (sulfide) groups is 1. The normalized spacial score (nSPS) is 18.3. The molecule has 61 heavy (non-hydrogen) atoms. The minimum Gasteiger partial charge on any atom is -0.480 e. The number of hydrogen-bond donors (Lipinski definition) is 4. The van der Waals surface area contributed by atoms with Crippen LogP contribution in [0, 0.1) is 0 Å². The molecule has 4 unspecified atom stereocenters. The lowest BCUT2D eigenvalue weighted by Gasteiger charge is -2.44. The second-order valence-corrected chi connectivity index (χ2v) is 16.0. The number of benzene rings is 4. The molecule has 21 heteroatoms. The quantitative estimate of drug-likeness (QED) is 0.0826. The van der Waals surface area contributed by atoms with Crippen LogP contribution in [-0.4, -0.2) is 77.4 Å². The first-order chi connectivity index (χ1) is 29.1. The van der Waals surface area contributed by atoms with E-state index in [4.69, 9.17) is 13.7 Å². The Morgan fingerprint density at radius 3 is 1.93 bits per heavy atom. The van der Waals surface area contributed by atoms with Crippen LogP contribution in [0.3, 0.4) is 0 Å². The summed E-state index contributed by atoms with van der Waals surface area (Å²) in [4.78, 5) is 124. The molecule has 312 valence electrons. The van der Waals surface area contributed by atoms with Crippen molar-refractivity contribution in [1.82, 2.24) is 24.7 Å². The Bertz CT molecular complexity index is 3070. The number of para-hydroxylation sites is 2. The lowest BCUT2D eigenvalue weighted by atomic mass is 9.95. The lowest BCUT2D eigenvalue weighted by molar-refractivity contribution is -0.177. The number of aromatic nitrogens is 2. The second-order valence-electron chi connectivity index (χ2n) is 14.3. The second kappa shape index (κ2) is 15.3. The molecular formula is C40H31N5O15S. The van der Waals surface area contributed by atoms with Gasteiger partial charge >= 0.3 is 17.5 Å². The van der Waals surface area contributed by atoms with Gasteiger partial charge < -0.3 is 39.2 Å². The van der Waals surface area contributed by atoms with Crippen LogP contribution < -0.4 is 43.0 Å². The van der Waals surface area contributed by atoms with E-state index in [-0.39, 0.29) is 39.1 Å². The molecule has 2 fully saturated rings. The van der Waals surface area contributed by atoms with Crippen LogP contribution in [0.4, 0.5) is 0 Å². The number of amides is 3. The summed E-state index contributed by atoms with van der Waals surface area (Å²) in [6.45, 7) is 3.35. The summed E-state index contributed by atoms with van der Waals surface area (Å²) in [6.07, 6.45) is 0. The first-order valence-corrected chi connectivity index (χ1v) is 19.0. The van der Waals surface area contributed by atoms with Crippen molar-refractivity contribution in [3.8, 4) is 22.9 Å². The maximum atomic E-state index is 14.4. The predicted octanol–water partition coefficient (Wildman–Crippen LogP) is 2.10. The van der Waals surface area contributed by atoms with Gasteiger partial charge in [0.2, 0.25) is 23.3 Å². The van der Waals surface area contributed by atoms with Gasteiger partial charge in [0.05, 0.1) is 29.3 Å². The molecule has 0 saturated carbocycles. The minimum atomic E-state index is -1.50. The number of carboxylic acids is 1. The average molecular weight is 854 g/mol. The molecule has 2 aliphatic heterocycles. The number of nitrogens with one attached hydrogen (secondary N) is 2. The van der Waals surface area contributed by atoms with Gasteiger partial charge in [0.25, 0.3) is 17.0 Å². The zero-order valence-corrected chi connectivity index (χ0v) is 32.7. The van der Waals surface area contributed by atoms with E-state index in [1.54, 1.807) is 32.0 Å². The largest absolute Gasteiger partial charge is 0.480 e. The van der Waals surface area contributed by atoms with Gasteiger partial charge in [-0.3, -0.25) is 24.0 Å². The maximum absolute atomic E-state index is 14.4. The average Bonchev–Trinajstić information content (AvgIpc) is 3.49. The number of rotatable bonds is 11. The number of carboxylic acid groups (broad SMARTS) is 1. The topological polar surface area (TPSA) is 268 Å². The summed E-state index contributed by atoms with van der Waals surface area (Å²) in [5.41, 5.74) is -3.60. The molecule has 2 aliphatic rings. The fourth-order valence-electron chi connectivity index (χ4n) is 7.45. The van der Waals surface area contributed by atoms with Crippen molar-refractivity contribution < 1.29 is 53.0 Å². The van der Waals surface area contributed by atoms with Crippen LogP contribution in [-0.2, 0) is 19.3 Å². The molecule has 2 saturated heterocycles. The van der Waals surface area contributed by atoms with Crippen molar-refractivity contribution in [2.24, 2.45) is 0 Å². The van der Waals surface area contributed by atoms with Crippen LogP contribution >= 0.6 is 11.8 Å². The molecule has 6 aromatic rings. The monoisotopic (exact) mass is 853 g/mol. The molecule has 0 spiro atoms. The molecule has 4 aromatic carbocycles. The van der Waals surface area contributed by atoms with Gasteiger partial charge in [-0.25, -0.2) is 28.8 Å². The van der Waals surface area contributed by atoms with E-state index in [0.29, 0.717) is 9.13 Å². The fraction of sp³-hybridized carbons (Fsp3) is 0.200. The van der Waals surface area contributed by atoms with Crippen LogP contribution in [0.5, 0.6) is 11.5 Å². The molecule has 20 nitrogen and oxygen atoms in total. The van der Waals surface area contributed by atoms with Gasteiger partial charge in [-0.15, -0.1) is 11.8 Å². The maximum Gasteiger partial charge on any atom is 0.427 e. The van der Waals surface area contributed by atoms with Crippen LogP contribution in [0.2, 0.25) is 0 Å². The van der Waals surface area contributed by atoms with E-state index in [1.165, 1.54) is 72.3 Å². The molecule has 0 bridgehead atoms. The molecule has 4 atom stereocenters. The molecule has 3 amide bonds. The van der Waals surface area contributed by atoms with Crippen molar-refractivity contribution in [3.63, 3.8) is 0 Å². The number of nitrogens with zero attached hydrogens (tertiary/aromatic N) is 3. The number of aliphatic carboxylic acids is 1. The van der Waals surface area contributed by atoms with Crippen LogP contribution in [0.1, 0.15) is 35.8 Å². The Labute approximate surface area is 344 Å². The highest BCUT2D eigenvalue weighted by Gasteiger charge is 2.64. The minimum absolute atomic E-state index is 0.111. The number of carbonyl (C=O) groups excluding carboxylic acids is 3. The van der Waals surface area contributed by atoms with Crippen molar-refractivity contribution in [1.29, 1.82) is 0 Å². The molecule has 4 heterocycles. The fourth-order valence-corrected chi connectivity index (χ4v) is 9.08. The molecule has 8 rings (SSSR count). The third-order valence-electron chi connectivity index (χ3n) is 10.2. The predicted molar refractivity (Wildman–Crippen MR) is 213 cm³/mol. The Hall–Kier alpha value is -7.49.